The van der Waals surface area contributed by atoms with Crippen LogP contribution in [0.5, 0.6) is 0 Å². The summed E-state index contributed by atoms with van der Waals surface area (Å²) in [6.07, 6.45) is 4.31. The molecule has 2 atom stereocenters. The van der Waals surface area contributed by atoms with E-state index in [1.807, 2.05) is 0 Å². The lowest BCUT2D eigenvalue weighted by Gasteiger charge is -2.19. The number of hydrazine groups is 1. The Morgan fingerprint density at radius 1 is 1.00 bits per heavy atom. The van der Waals surface area contributed by atoms with Gasteiger partial charge in [0.2, 0.25) is 0 Å². The molecule has 0 aliphatic carbocycles. The van der Waals surface area contributed by atoms with Crippen LogP contribution in [0.4, 0.5) is 0 Å². The van der Waals surface area contributed by atoms with Gasteiger partial charge in [-0.25, -0.2) is 0 Å². The Bertz CT molecular complexity index is 86.7. The SMILES string of the molecule is C[C@@H]1C=C[C@H](C)NN1. The highest BCUT2D eigenvalue weighted by Gasteiger charge is 2.03. The topological polar surface area (TPSA) is 24.1 Å². The molecule has 0 fully saturated rings. The fraction of sp³-hybridized carbons (Fsp3) is 0.667. The van der Waals surface area contributed by atoms with E-state index in [9.17, 15) is 0 Å². The first-order valence-corrected chi connectivity index (χ1v) is 2.98. The molecule has 0 radical (unpaired) electrons. The third-order valence-corrected chi connectivity index (χ3v) is 1.23. The van der Waals surface area contributed by atoms with Crippen LogP contribution in [-0.4, -0.2) is 12.1 Å². The molecule has 0 aromatic carbocycles. The van der Waals surface area contributed by atoms with Crippen LogP contribution in [-0.2, 0) is 0 Å². The van der Waals surface area contributed by atoms with Gasteiger partial charge in [-0.1, -0.05) is 12.2 Å². The highest BCUT2D eigenvalue weighted by atomic mass is 15.4. The van der Waals surface area contributed by atoms with Gasteiger partial charge in [0, 0.05) is 12.1 Å². The average molecular weight is 112 g/mol. The van der Waals surface area contributed by atoms with Crippen LogP contribution in [0.3, 0.4) is 0 Å². The Kier molecular flexibility index (Phi) is 1.65. The zero-order valence-corrected chi connectivity index (χ0v) is 5.31. The molecule has 1 aliphatic rings. The van der Waals surface area contributed by atoms with E-state index in [2.05, 4.69) is 36.9 Å². The number of nitrogens with one attached hydrogen (secondary N) is 2. The molecule has 8 heavy (non-hydrogen) atoms. The molecular weight excluding hydrogens is 100 g/mol. The van der Waals surface area contributed by atoms with E-state index in [1.54, 1.807) is 0 Å². The third kappa shape index (κ3) is 1.32. The molecule has 0 saturated heterocycles. The summed E-state index contributed by atoms with van der Waals surface area (Å²) in [5, 5.41) is 0. The molecule has 0 aromatic heterocycles. The molecule has 2 heteroatoms. The van der Waals surface area contributed by atoms with Crippen molar-refractivity contribution in [3.05, 3.63) is 12.2 Å². The van der Waals surface area contributed by atoms with Crippen LogP contribution in [0.1, 0.15) is 13.8 Å². The maximum atomic E-state index is 3.09. The lowest BCUT2D eigenvalue weighted by molar-refractivity contribution is 0.447. The van der Waals surface area contributed by atoms with Gasteiger partial charge in [-0.05, 0) is 13.8 Å². The van der Waals surface area contributed by atoms with E-state index in [0.29, 0.717) is 12.1 Å². The van der Waals surface area contributed by atoms with Gasteiger partial charge in [-0.15, -0.1) is 0 Å². The van der Waals surface area contributed by atoms with Crippen LogP contribution in [0.2, 0.25) is 0 Å². The lowest BCUT2D eigenvalue weighted by Crippen LogP contribution is -2.45. The predicted octanol–water partition coefficient (Wildman–Crippen LogP) is 0.427. The summed E-state index contributed by atoms with van der Waals surface area (Å²) in [6.45, 7) is 4.21. The van der Waals surface area contributed by atoms with Gasteiger partial charge < -0.3 is 0 Å². The average Bonchev–Trinajstić information content (AvgIpc) is 1.77. The Labute approximate surface area is 49.9 Å². The molecule has 46 valence electrons. The highest BCUT2D eigenvalue weighted by Crippen LogP contribution is 1.92. The monoisotopic (exact) mass is 112 g/mol. The Morgan fingerprint density at radius 2 is 1.38 bits per heavy atom. The molecule has 1 aliphatic heterocycles. The Hall–Kier alpha value is -0.340. The van der Waals surface area contributed by atoms with Crippen LogP contribution >= 0.6 is 0 Å². The van der Waals surface area contributed by atoms with Crippen molar-refractivity contribution in [2.75, 3.05) is 0 Å². The summed E-state index contributed by atoms with van der Waals surface area (Å²) < 4.78 is 0. The first-order valence-electron chi connectivity index (χ1n) is 2.98. The number of hydrogen-bond donors (Lipinski definition) is 2. The van der Waals surface area contributed by atoms with Crippen molar-refractivity contribution in [3.8, 4) is 0 Å². The largest absolute Gasteiger partial charge is 0.251 e. The minimum Gasteiger partial charge on any atom is -0.251 e. The quantitative estimate of drug-likeness (QED) is 0.444. The number of rotatable bonds is 0. The lowest BCUT2D eigenvalue weighted by atomic mass is 10.2. The van der Waals surface area contributed by atoms with Crippen molar-refractivity contribution in [2.45, 2.75) is 25.9 Å². The molecule has 0 saturated carbocycles. The molecule has 0 amide bonds. The summed E-state index contributed by atoms with van der Waals surface area (Å²) in [7, 11) is 0. The standard InChI is InChI=1S/C6H12N2/c1-5-3-4-6(2)8-7-5/h3-8H,1-2H3/t5-,6+. The van der Waals surface area contributed by atoms with Crippen molar-refractivity contribution in [2.24, 2.45) is 0 Å². The first-order chi connectivity index (χ1) is 3.79. The molecule has 1 rings (SSSR count). The van der Waals surface area contributed by atoms with Crippen LogP contribution in [0.15, 0.2) is 12.2 Å². The van der Waals surface area contributed by atoms with E-state index in [1.165, 1.54) is 0 Å². The van der Waals surface area contributed by atoms with Crippen molar-refractivity contribution in [1.29, 1.82) is 0 Å². The highest BCUT2D eigenvalue weighted by molar-refractivity contribution is 4.99. The summed E-state index contributed by atoms with van der Waals surface area (Å²) >= 11 is 0. The first kappa shape index (κ1) is 5.79. The van der Waals surface area contributed by atoms with Crippen LogP contribution in [0.25, 0.3) is 0 Å². The van der Waals surface area contributed by atoms with Crippen molar-refractivity contribution in [1.82, 2.24) is 10.9 Å². The van der Waals surface area contributed by atoms with Gasteiger partial charge in [-0.3, -0.25) is 10.9 Å². The van der Waals surface area contributed by atoms with Crippen LogP contribution in [0, 0.1) is 0 Å². The maximum Gasteiger partial charge on any atom is 0.0365 e. The molecular formula is C6H12N2. The molecule has 2 N–H and O–H groups in total. The summed E-state index contributed by atoms with van der Waals surface area (Å²) in [4.78, 5) is 0. The van der Waals surface area contributed by atoms with Gasteiger partial charge in [0.15, 0.2) is 0 Å². The molecule has 0 aromatic rings. The maximum absolute atomic E-state index is 3.09. The minimum atomic E-state index is 0.478. The summed E-state index contributed by atoms with van der Waals surface area (Å²) in [5.41, 5.74) is 6.19. The Morgan fingerprint density at radius 3 is 1.62 bits per heavy atom. The van der Waals surface area contributed by atoms with Crippen molar-refractivity contribution >= 4 is 0 Å². The summed E-state index contributed by atoms with van der Waals surface area (Å²) in [5.74, 6) is 0. The van der Waals surface area contributed by atoms with Gasteiger partial charge in [-0.2, -0.15) is 0 Å². The van der Waals surface area contributed by atoms with Gasteiger partial charge >= 0.3 is 0 Å². The molecule has 0 bridgehead atoms. The normalized spacial score (nSPS) is 37.8. The zero-order valence-electron chi connectivity index (χ0n) is 5.31. The van der Waals surface area contributed by atoms with Crippen molar-refractivity contribution in [3.63, 3.8) is 0 Å². The van der Waals surface area contributed by atoms with Gasteiger partial charge in [0.05, 0.1) is 0 Å². The second kappa shape index (κ2) is 2.29. The molecule has 2 nitrogen and oxygen atoms in total. The van der Waals surface area contributed by atoms with Crippen LogP contribution < -0.4 is 10.9 Å². The van der Waals surface area contributed by atoms with E-state index in [0.717, 1.165) is 0 Å². The van der Waals surface area contributed by atoms with E-state index >= 15 is 0 Å². The van der Waals surface area contributed by atoms with E-state index in [-0.39, 0.29) is 0 Å². The molecule has 0 spiro atoms. The zero-order chi connectivity index (χ0) is 5.98. The minimum absolute atomic E-state index is 0.478. The smallest absolute Gasteiger partial charge is 0.0365 e. The van der Waals surface area contributed by atoms with Gasteiger partial charge in [0.1, 0.15) is 0 Å². The Balaban J connectivity index is 2.42. The molecule has 0 unspecified atom stereocenters. The van der Waals surface area contributed by atoms with Gasteiger partial charge in [0.25, 0.3) is 0 Å². The van der Waals surface area contributed by atoms with E-state index < -0.39 is 0 Å². The van der Waals surface area contributed by atoms with Crippen molar-refractivity contribution < 1.29 is 0 Å². The second-order valence-corrected chi connectivity index (χ2v) is 2.25. The van der Waals surface area contributed by atoms with E-state index in [4.69, 9.17) is 0 Å². The predicted molar refractivity (Wildman–Crippen MR) is 34.3 cm³/mol. The fourth-order valence-corrected chi connectivity index (χ4v) is 0.692. The second-order valence-electron chi connectivity index (χ2n) is 2.25. The number of hydrogen-bond acceptors (Lipinski definition) is 2. The fourth-order valence-electron chi connectivity index (χ4n) is 0.692. The summed E-state index contributed by atoms with van der Waals surface area (Å²) in [6, 6.07) is 0.956. The molecule has 1 heterocycles. The third-order valence-electron chi connectivity index (χ3n) is 1.23.